The normalized spacial score (nSPS) is 13.1. The van der Waals surface area contributed by atoms with Crippen LogP contribution in [0.25, 0.3) is 0 Å². The maximum absolute atomic E-state index is 3.73. The van der Waals surface area contributed by atoms with Gasteiger partial charge in [-0.15, -0.1) is 0 Å². The Hall–Kier alpha value is 0.530. The van der Waals surface area contributed by atoms with Crippen LogP contribution in [-0.4, -0.2) is 24.6 Å². The van der Waals surface area contributed by atoms with Crippen molar-refractivity contribution in [3.05, 3.63) is 11.1 Å². The molecule has 1 N–H and O–H groups in total. The van der Waals surface area contributed by atoms with Gasteiger partial charge in [0.25, 0.3) is 0 Å². The van der Waals surface area contributed by atoms with E-state index in [0.29, 0.717) is 5.25 Å². The number of rotatable bonds is 5. The van der Waals surface area contributed by atoms with E-state index in [-0.39, 0.29) is 0 Å². The first kappa shape index (κ1) is 10.5. The van der Waals surface area contributed by atoms with Gasteiger partial charge in [0, 0.05) is 22.8 Å². The van der Waals surface area contributed by atoms with Gasteiger partial charge in [-0.3, -0.25) is 0 Å². The van der Waals surface area contributed by atoms with Gasteiger partial charge in [0.15, 0.2) is 0 Å². The summed E-state index contributed by atoms with van der Waals surface area (Å²) in [5, 5.41) is 3.96. The summed E-state index contributed by atoms with van der Waals surface area (Å²) in [4.78, 5) is 0. The highest BCUT2D eigenvalue weighted by Gasteiger charge is 1.96. The van der Waals surface area contributed by atoms with E-state index in [1.54, 1.807) is 0 Å². The summed E-state index contributed by atoms with van der Waals surface area (Å²) in [6.45, 7) is 7.84. The number of hydrogen-bond donors (Lipinski definition) is 1. The monoisotopic (exact) mass is 223 g/mol. The third-order valence-electron chi connectivity index (χ3n) is 1.15. The van der Waals surface area contributed by atoms with E-state index in [1.807, 2.05) is 11.8 Å². The van der Waals surface area contributed by atoms with Crippen molar-refractivity contribution in [3.63, 3.8) is 0 Å². The summed E-state index contributed by atoms with van der Waals surface area (Å²) in [5.74, 6) is 0. The zero-order chi connectivity index (χ0) is 7.98. The zero-order valence-corrected chi connectivity index (χ0v) is 8.89. The Kier molecular flexibility index (Phi) is 6.59. The Morgan fingerprint density at radius 1 is 1.80 bits per heavy atom. The third kappa shape index (κ3) is 6.65. The van der Waals surface area contributed by atoms with Gasteiger partial charge in [-0.25, -0.2) is 0 Å². The van der Waals surface area contributed by atoms with E-state index < -0.39 is 0 Å². The molecule has 0 aromatic heterocycles. The molecule has 1 atom stereocenters. The van der Waals surface area contributed by atoms with Crippen molar-refractivity contribution >= 4 is 27.7 Å². The fourth-order valence-electron chi connectivity index (χ4n) is 0.494. The summed E-state index contributed by atoms with van der Waals surface area (Å²) in [6.07, 6.45) is 2.12. The molecule has 0 heterocycles. The molecule has 1 nitrogen and oxygen atoms in total. The molecule has 0 aliphatic carbocycles. The quantitative estimate of drug-likeness (QED) is 0.768. The predicted octanol–water partition coefficient (Wildman–Crippen LogP) is 2.24. The topological polar surface area (TPSA) is 12.0 Å². The van der Waals surface area contributed by atoms with E-state index in [9.17, 15) is 0 Å². The van der Waals surface area contributed by atoms with Crippen LogP contribution in [-0.2, 0) is 0 Å². The number of thioether (sulfide) groups is 1. The predicted molar refractivity (Wildman–Crippen MR) is 53.9 cm³/mol. The minimum atomic E-state index is 0.687. The van der Waals surface area contributed by atoms with Crippen molar-refractivity contribution in [2.45, 2.75) is 12.2 Å². The van der Waals surface area contributed by atoms with E-state index in [0.717, 1.165) is 17.6 Å². The highest BCUT2D eigenvalue weighted by molar-refractivity contribution is 9.11. The summed E-state index contributed by atoms with van der Waals surface area (Å²) in [6, 6.07) is 0. The first-order chi connectivity index (χ1) is 4.66. The van der Waals surface area contributed by atoms with Gasteiger partial charge < -0.3 is 5.32 Å². The first-order valence-corrected chi connectivity index (χ1v) is 5.31. The van der Waals surface area contributed by atoms with Crippen LogP contribution in [0.5, 0.6) is 0 Å². The summed E-state index contributed by atoms with van der Waals surface area (Å²) in [5.41, 5.74) is 0. The Balaban J connectivity index is 3.11. The van der Waals surface area contributed by atoms with Gasteiger partial charge in [-0.2, -0.15) is 11.8 Å². The van der Waals surface area contributed by atoms with E-state index in [2.05, 4.69) is 41.0 Å². The van der Waals surface area contributed by atoms with Gasteiger partial charge in [-0.05, 0) is 6.26 Å². The molecule has 3 heteroatoms. The fraction of sp³-hybridized carbons (Fsp3) is 0.714. The summed E-state index contributed by atoms with van der Waals surface area (Å²) in [7, 11) is 0. The van der Waals surface area contributed by atoms with Crippen molar-refractivity contribution in [2.75, 3.05) is 19.3 Å². The lowest BCUT2D eigenvalue weighted by Crippen LogP contribution is -2.23. The second-order valence-electron chi connectivity index (χ2n) is 2.19. The lowest BCUT2D eigenvalue weighted by Gasteiger charge is -2.08. The smallest absolute Gasteiger partial charge is 0.0266 e. The lowest BCUT2D eigenvalue weighted by molar-refractivity contribution is 0.739. The molecule has 0 aliphatic rings. The molecule has 0 spiro atoms. The number of nitrogens with one attached hydrogen (secondary N) is 1. The van der Waals surface area contributed by atoms with Gasteiger partial charge in [0.2, 0.25) is 0 Å². The van der Waals surface area contributed by atoms with Crippen LogP contribution in [0.3, 0.4) is 0 Å². The number of halogens is 1. The Bertz CT molecular complexity index is 106. The van der Waals surface area contributed by atoms with Crippen LogP contribution >= 0.6 is 27.7 Å². The van der Waals surface area contributed by atoms with Crippen molar-refractivity contribution in [1.29, 1.82) is 0 Å². The van der Waals surface area contributed by atoms with Gasteiger partial charge in [-0.1, -0.05) is 29.4 Å². The van der Waals surface area contributed by atoms with Crippen LogP contribution in [0, 0.1) is 0 Å². The van der Waals surface area contributed by atoms with Crippen molar-refractivity contribution in [2.24, 2.45) is 0 Å². The molecule has 0 saturated carbocycles. The average molecular weight is 224 g/mol. The zero-order valence-electron chi connectivity index (χ0n) is 6.48. The van der Waals surface area contributed by atoms with Crippen LogP contribution in [0.15, 0.2) is 11.1 Å². The van der Waals surface area contributed by atoms with Gasteiger partial charge in [0.1, 0.15) is 0 Å². The Morgan fingerprint density at radius 2 is 2.40 bits per heavy atom. The van der Waals surface area contributed by atoms with E-state index in [1.165, 1.54) is 0 Å². The second kappa shape index (κ2) is 6.25. The Labute approximate surface area is 75.8 Å². The lowest BCUT2D eigenvalue weighted by atomic mass is 10.4. The van der Waals surface area contributed by atoms with Crippen LogP contribution in [0.4, 0.5) is 0 Å². The highest BCUT2D eigenvalue weighted by atomic mass is 79.9. The van der Waals surface area contributed by atoms with Gasteiger partial charge >= 0.3 is 0 Å². The molecule has 0 bridgehead atoms. The number of hydrogen-bond acceptors (Lipinski definition) is 2. The Morgan fingerprint density at radius 3 is 2.80 bits per heavy atom. The minimum Gasteiger partial charge on any atom is -0.311 e. The minimum absolute atomic E-state index is 0.687. The maximum Gasteiger partial charge on any atom is 0.0266 e. The molecule has 0 radical (unpaired) electrons. The molecule has 0 rings (SSSR count). The molecule has 1 unspecified atom stereocenters. The van der Waals surface area contributed by atoms with E-state index in [4.69, 9.17) is 0 Å². The third-order valence-corrected chi connectivity index (χ3v) is 2.40. The summed E-state index contributed by atoms with van der Waals surface area (Å²) >= 11 is 5.15. The van der Waals surface area contributed by atoms with Crippen LogP contribution < -0.4 is 5.32 Å². The molecule has 0 aliphatic heterocycles. The van der Waals surface area contributed by atoms with Gasteiger partial charge in [0.05, 0.1) is 0 Å². The highest BCUT2D eigenvalue weighted by Crippen LogP contribution is 2.03. The standard InChI is InChI=1S/C7H14BrNS/c1-6(8)4-9-5-7(2)10-3/h7,9H,1,4-5H2,2-3H3. The van der Waals surface area contributed by atoms with E-state index >= 15 is 0 Å². The first-order valence-electron chi connectivity index (χ1n) is 3.23. The fourth-order valence-corrected chi connectivity index (χ4v) is 0.977. The second-order valence-corrected chi connectivity index (χ2v) is 4.59. The molecule has 60 valence electrons. The SMILES string of the molecule is C=C(Br)CNCC(C)SC. The van der Waals surface area contributed by atoms with Crippen LogP contribution in [0.1, 0.15) is 6.92 Å². The molecule has 0 aromatic carbocycles. The van der Waals surface area contributed by atoms with Crippen molar-refractivity contribution in [1.82, 2.24) is 5.32 Å². The largest absolute Gasteiger partial charge is 0.311 e. The van der Waals surface area contributed by atoms with Crippen molar-refractivity contribution in [3.8, 4) is 0 Å². The molecular formula is C7H14BrNS. The summed E-state index contributed by atoms with van der Waals surface area (Å²) < 4.78 is 1.01. The maximum atomic E-state index is 3.73. The van der Waals surface area contributed by atoms with Crippen molar-refractivity contribution < 1.29 is 0 Å². The molecule has 0 fully saturated rings. The molecule has 0 amide bonds. The molecule has 0 saturated heterocycles. The molecule has 10 heavy (non-hydrogen) atoms. The average Bonchev–Trinajstić information content (AvgIpc) is 1.87. The molecule has 0 aromatic rings. The van der Waals surface area contributed by atoms with Crippen LogP contribution in [0.2, 0.25) is 0 Å². The molecular weight excluding hydrogens is 210 g/mol.